The average molecular weight is 597 g/mol. The van der Waals surface area contributed by atoms with Crippen molar-refractivity contribution in [1.29, 1.82) is 0 Å². The lowest BCUT2D eigenvalue weighted by Crippen LogP contribution is -2.23. The van der Waals surface area contributed by atoms with E-state index in [-0.39, 0.29) is 5.91 Å². The molecule has 0 spiro atoms. The van der Waals surface area contributed by atoms with Gasteiger partial charge in [0.1, 0.15) is 5.82 Å². The van der Waals surface area contributed by atoms with Crippen molar-refractivity contribution in [2.24, 2.45) is 0 Å². The average Bonchev–Trinajstić information content (AvgIpc) is 3.35. The second-order valence-electron chi connectivity index (χ2n) is 9.11. The first-order valence-corrected chi connectivity index (χ1v) is 13.6. The van der Waals surface area contributed by atoms with E-state index in [1.165, 1.54) is 0 Å². The molecule has 6 rings (SSSR count). The summed E-state index contributed by atoms with van der Waals surface area (Å²) in [6.07, 6.45) is 1.73. The first kappa shape index (κ1) is 25.1. The van der Waals surface area contributed by atoms with Crippen molar-refractivity contribution in [1.82, 2.24) is 19.9 Å². The topological polar surface area (TPSA) is 71.3 Å². The van der Waals surface area contributed by atoms with Crippen LogP contribution >= 0.6 is 27.5 Å². The van der Waals surface area contributed by atoms with Crippen LogP contribution in [-0.4, -0.2) is 20.5 Å². The van der Waals surface area contributed by atoms with Gasteiger partial charge in [-0.1, -0.05) is 90.5 Å². The van der Waals surface area contributed by atoms with Crippen molar-refractivity contribution in [3.63, 3.8) is 0 Å². The summed E-state index contributed by atoms with van der Waals surface area (Å²) >= 11 is 9.99. The maximum atomic E-state index is 12.9. The van der Waals surface area contributed by atoms with Gasteiger partial charge < -0.3 is 10.6 Å². The van der Waals surface area contributed by atoms with Crippen molar-refractivity contribution < 1.29 is 4.79 Å². The quantitative estimate of drug-likeness (QED) is 0.200. The molecule has 4 aromatic carbocycles. The number of amides is 1. The third-order valence-corrected chi connectivity index (χ3v) is 7.45. The zero-order valence-corrected chi connectivity index (χ0v) is 23.1. The summed E-state index contributed by atoms with van der Waals surface area (Å²) in [5, 5.41) is 13.6. The minimum Gasteiger partial charge on any atom is -0.366 e. The number of hydrogen-bond acceptors (Lipinski definition) is 4. The van der Waals surface area contributed by atoms with E-state index in [2.05, 4.69) is 43.8 Å². The monoisotopic (exact) mass is 595 g/mol. The van der Waals surface area contributed by atoms with Gasteiger partial charge in [0.05, 0.1) is 16.4 Å². The van der Waals surface area contributed by atoms with Crippen LogP contribution in [0.2, 0.25) is 5.02 Å². The number of benzene rings is 4. The SMILES string of the molecule is O=C(NCc1ccc(CNc2cc(-c3ccccc3Cl)nc3c(Br)cnn23)cc1)c1cccc2ccccc12. The maximum absolute atomic E-state index is 12.9. The van der Waals surface area contributed by atoms with Gasteiger partial charge in [0.15, 0.2) is 5.65 Å². The summed E-state index contributed by atoms with van der Waals surface area (Å²) in [5.41, 5.74) is 5.11. The van der Waals surface area contributed by atoms with Crippen molar-refractivity contribution >= 4 is 55.7 Å². The number of carbonyl (C=O) groups is 1. The minimum absolute atomic E-state index is 0.0843. The third kappa shape index (κ3) is 5.24. The molecule has 6 nitrogen and oxygen atoms in total. The van der Waals surface area contributed by atoms with Crippen LogP contribution in [0.15, 0.2) is 108 Å². The Morgan fingerprint density at radius 3 is 2.41 bits per heavy atom. The molecule has 0 bridgehead atoms. The van der Waals surface area contributed by atoms with E-state index in [9.17, 15) is 4.79 Å². The molecule has 2 heterocycles. The first-order valence-electron chi connectivity index (χ1n) is 12.4. The second kappa shape index (κ2) is 10.9. The Balaban J connectivity index is 1.15. The zero-order valence-electron chi connectivity index (χ0n) is 20.7. The van der Waals surface area contributed by atoms with E-state index < -0.39 is 0 Å². The normalized spacial score (nSPS) is 11.1. The summed E-state index contributed by atoms with van der Waals surface area (Å²) in [5.74, 6) is 0.714. The molecule has 0 saturated heterocycles. The lowest BCUT2D eigenvalue weighted by molar-refractivity contribution is 0.0952. The highest BCUT2D eigenvalue weighted by atomic mass is 79.9. The Hall–Kier alpha value is -4.20. The molecule has 2 N–H and O–H groups in total. The molecule has 0 aliphatic heterocycles. The van der Waals surface area contributed by atoms with E-state index in [1.807, 2.05) is 84.9 Å². The van der Waals surface area contributed by atoms with Crippen LogP contribution in [0.25, 0.3) is 27.7 Å². The van der Waals surface area contributed by atoms with Gasteiger partial charge in [-0.2, -0.15) is 9.61 Å². The smallest absolute Gasteiger partial charge is 0.252 e. The van der Waals surface area contributed by atoms with Crippen molar-refractivity contribution in [2.45, 2.75) is 13.1 Å². The molecule has 0 saturated carbocycles. The fourth-order valence-electron chi connectivity index (χ4n) is 4.54. The van der Waals surface area contributed by atoms with E-state index >= 15 is 0 Å². The highest BCUT2D eigenvalue weighted by Gasteiger charge is 2.13. The highest BCUT2D eigenvalue weighted by Crippen LogP contribution is 2.30. The van der Waals surface area contributed by atoms with Crippen molar-refractivity contribution in [3.8, 4) is 11.3 Å². The summed E-state index contributed by atoms with van der Waals surface area (Å²) in [6, 6.07) is 31.5. The molecule has 39 heavy (non-hydrogen) atoms. The van der Waals surface area contributed by atoms with Crippen LogP contribution in [-0.2, 0) is 13.1 Å². The van der Waals surface area contributed by atoms with E-state index in [4.69, 9.17) is 16.6 Å². The minimum atomic E-state index is -0.0843. The second-order valence-corrected chi connectivity index (χ2v) is 10.4. The molecule has 0 radical (unpaired) electrons. The van der Waals surface area contributed by atoms with Gasteiger partial charge in [-0.3, -0.25) is 4.79 Å². The maximum Gasteiger partial charge on any atom is 0.252 e. The van der Waals surface area contributed by atoms with Crippen LogP contribution in [0, 0.1) is 0 Å². The van der Waals surface area contributed by atoms with Gasteiger partial charge in [-0.15, -0.1) is 0 Å². The van der Waals surface area contributed by atoms with Crippen molar-refractivity contribution in [3.05, 3.63) is 129 Å². The lowest BCUT2D eigenvalue weighted by atomic mass is 10.0. The largest absolute Gasteiger partial charge is 0.366 e. The van der Waals surface area contributed by atoms with Gasteiger partial charge in [0.2, 0.25) is 0 Å². The number of anilines is 1. The third-order valence-electron chi connectivity index (χ3n) is 6.56. The van der Waals surface area contributed by atoms with Crippen molar-refractivity contribution in [2.75, 3.05) is 5.32 Å². The summed E-state index contributed by atoms with van der Waals surface area (Å²) in [6.45, 7) is 1.03. The Morgan fingerprint density at radius 1 is 0.872 bits per heavy atom. The number of nitrogens with zero attached hydrogens (tertiary/aromatic N) is 3. The molecular weight excluding hydrogens is 574 g/mol. The first-order chi connectivity index (χ1) is 19.1. The molecule has 0 fully saturated rings. The van der Waals surface area contributed by atoms with Gasteiger partial charge in [0.25, 0.3) is 5.91 Å². The Bertz CT molecular complexity index is 1810. The van der Waals surface area contributed by atoms with Gasteiger partial charge in [0, 0.05) is 35.3 Å². The summed E-state index contributed by atoms with van der Waals surface area (Å²) in [4.78, 5) is 17.6. The van der Waals surface area contributed by atoms with Crippen LogP contribution < -0.4 is 10.6 Å². The summed E-state index contributed by atoms with van der Waals surface area (Å²) in [7, 11) is 0. The van der Waals surface area contributed by atoms with Crippen LogP contribution in [0.5, 0.6) is 0 Å². The lowest BCUT2D eigenvalue weighted by Gasteiger charge is -2.12. The predicted octanol–water partition coefficient (Wildman–Crippen LogP) is 7.51. The molecule has 192 valence electrons. The molecular formula is C31H23BrClN5O. The highest BCUT2D eigenvalue weighted by molar-refractivity contribution is 9.10. The number of nitrogens with one attached hydrogen (secondary N) is 2. The molecule has 0 unspecified atom stereocenters. The summed E-state index contributed by atoms with van der Waals surface area (Å²) < 4.78 is 2.57. The number of rotatable bonds is 7. The Kier molecular flexibility index (Phi) is 7.00. The number of aromatic nitrogens is 3. The van der Waals surface area contributed by atoms with E-state index in [0.29, 0.717) is 29.3 Å². The Labute approximate surface area is 238 Å². The van der Waals surface area contributed by atoms with Gasteiger partial charge >= 0.3 is 0 Å². The zero-order chi connectivity index (χ0) is 26.8. The fourth-order valence-corrected chi connectivity index (χ4v) is 5.12. The standard InChI is InChI=1S/C31H23BrClN5O/c32-26-19-36-38-29(16-28(37-30(26)38)25-9-3-4-11-27(25)33)34-17-20-12-14-21(15-13-20)18-35-31(39)24-10-5-7-22-6-1-2-8-23(22)24/h1-16,19,34H,17-18H2,(H,35,39). The molecule has 0 atom stereocenters. The van der Waals surface area contributed by atoms with Crippen LogP contribution in [0.1, 0.15) is 21.5 Å². The number of hydrogen-bond donors (Lipinski definition) is 2. The Morgan fingerprint density at radius 2 is 1.59 bits per heavy atom. The number of fused-ring (bicyclic) bond motifs is 2. The molecule has 0 aliphatic rings. The van der Waals surface area contributed by atoms with Crippen LogP contribution in [0.4, 0.5) is 5.82 Å². The number of halogens is 2. The molecule has 8 heteroatoms. The molecule has 2 aromatic heterocycles. The van der Waals surface area contributed by atoms with Gasteiger partial charge in [-0.05, 0) is 50.0 Å². The molecule has 6 aromatic rings. The van der Waals surface area contributed by atoms with E-state index in [1.54, 1.807) is 10.7 Å². The molecule has 0 aliphatic carbocycles. The van der Waals surface area contributed by atoms with Gasteiger partial charge in [-0.25, -0.2) is 4.98 Å². The molecule has 1 amide bonds. The predicted molar refractivity (Wildman–Crippen MR) is 160 cm³/mol. The van der Waals surface area contributed by atoms with E-state index in [0.717, 1.165) is 43.4 Å². The van der Waals surface area contributed by atoms with Crippen LogP contribution in [0.3, 0.4) is 0 Å². The number of carbonyl (C=O) groups excluding carboxylic acids is 1. The fraction of sp³-hybridized carbons (Fsp3) is 0.0645.